The number of rotatable bonds is 2. The monoisotopic (exact) mass is 230 g/mol. The van der Waals surface area contributed by atoms with Gasteiger partial charge in [-0.05, 0) is 26.0 Å². The standard InChI is InChI=1S/C13H14N2O2/c1-9-10(2)14-15(12(9)13(16)17-3)11-7-5-4-6-8-11/h4-8H,1-3H3. The predicted octanol–water partition coefficient (Wildman–Crippen LogP) is 2.28. The smallest absolute Gasteiger partial charge is 0.357 e. The van der Waals surface area contributed by atoms with Crippen molar-refractivity contribution in [2.75, 3.05) is 7.11 Å². The number of methoxy groups -OCH3 is 1. The first-order chi connectivity index (χ1) is 8.15. The summed E-state index contributed by atoms with van der Waals surface area (Å²) in [7, 11) is 1.37. The number of aromatic nitrogens is 2. The molecule has 0 N–H and O–H groups in total. The number of hydrogen-bond donors (Lipinski definition) is 0. The first kappa shape index (κ1) is 11.4. The summed E-state index contributed by atoms with van der Waals surface area (Å²) in [5, 5.41) is 4.37. The van der Waals surface area contributed by atoms with E-state index in [1.165, 1.54) is 7.11 Å². The molecule has 1 aromatic carbocycles. The normalized spacial score (nSPS) is 10.3. The number of para-hydroxylation sites is 1. The molecular weight excluding hydrogens is 216 g/mol. The lowest BCUT2D eigenvalue weighted by Gasteiger charge is -2.06. The predicted molar refractivity (Wildman–Crippen MR) is 64.4 cm³/mol. The molecule has 0 bridgehead atoms. The number of esters is 1. The van der Waals surface area contributed by atoms with Gasteiger partial charge in [0, 0.05) is 5.56 Å². The highest BCUT2D eigenvalue weighted by molar-refractivity contribution is 5.90. The van der Waals surface area contributed by atoms with Crippen LogP contribution in [0, 0.1) is 13.8 Å². The van der Waals surface area contributed by atoms with Crippen molar-refractivity contribution in [1.82, 2.24) is 9.78 Å². The number of ether oxygens (including phenoxy) is 1. The molecule has 1 aromatic heterocycles. The van der Waals surface area contributed by atoms with Gasteiger partial charge in [0.05, 0.1) is 18.5 Å². The van der Waals surface area contributed by atoms with E-state index in [0.29, 0.717) is 5.69 Å². The van der Waals surface area contributed by atoms with Gasteiger partial charge in [0.15, 0.2) is 5.69 Å². The summed E-state index contributed by atoms with van der Waals surface area (Å²) >= 11 is 0. The van der Waals surface area contributed by atoms with Gasteiger partial charge in [-0.15, -0.1) is 0 Å². The van der Waals surface area contributed by atoms with E-state index >= 15 is 0 Å². The average molecular weight is 230 g/mol. The van der Waals surface area contributed by atoms with Gasteiger partial charge in [-0.3, -0.25) is 0 Å². The Morgan fingerprint density at radius 1 is 1.24 bits per heavy atom. The molecule has 0 fully saturated rings. The topological polar surface area (TPSA) is 44.1 Å². The number of benzene rings is 1. The molecule has 4 heteroatoms. The van der Waals surface area contributed by atoms with E-state index in [9.17, 15) is 4.79 Å². The van der Waals surface area contributed by atoms with E-state index in [-0.39, 0.29) is 5.97 Å². The molecule has 4 nitrogen and oxygen atoms in total. The highest BCUT2D eigenvalue weighted by atomic mass is 16.5. The molecule has 0 saturated heterocycles. The minimum atomic E-state index is -0.369. The second-order valence-corrected chi connectivity index (χ2v) is 3.80. The van der Waals surface area contributed by atoms with Crippen molar-refractivity contribution in [2.24, 2.45) is 0 Å². The van der Waals surface area contributed by atoms with Gasteiger partial charge in [0.25, 0.3) is 0 Å². The molecule has 0 atom stereocenters. The van der Waals surface area contributed by atoms with Gasteiger partial charge in [-0.2, -0.15) is 5.10 Å². The van der Waals surface area contributed by atoms with Gasteiger partial charge in [-0.25, -0.2) is 9.48 Å². The van der Waals surface area contributed by atoms with E-state index in [1.807, 2.05) is 44.2 Å². The van der Waals surface area contributed by atoms with Crippen LogP contribution in [0.5, 0.6) is 0 Å². The zero-order chi connectivity index (χ0) is 12.4. The maximum atomic E-state index is 11.8. The summed E-state index contributed by atoms with van der Waals surface area (Å²) < 4.78 is 6.41. The van der Waals surface area contributed by atoms with Crippen LogP contribution >= 0.6 is 0 Å². The molecular formula is C13H14N2O2. The summed E-state index contributed by atoms with van der Waals surface area (Å²) in [6, 6.07) is 9.53. The third-order valence-corrected chi connectivity index (χ3v) is 2.74. The van der Waals surface area contributed by atoms with Crippen LogP contribution in [0.25, 0.3) is 5.69 Å². The summed E-state index contributed by atoms with van der Waals surface area (Å²) in [4.78, 5) is 11.8. The zero-order valence-corrected chi connectivity index (χ0v) is 10.1. The number of hydrogen-bond acceptors (Lipinski definition) is 3. The van der Waals surface area contributed by atoms with E-state index in [0.717, 1.165) is 16.9 Å². The van der Waals surface area contributed by atoms with Crippen LogP contribution in [0.1, 0.15) is 21.7 Å². The Morgan fingerprint density at radius 3 is 2.47 bits per heavy atom. The molecule has 1 heterocycles. The molecule has 0 amide bonds. The molecule has 0 spiro atoms. The van der Waals surface area contributed by atoms with Crippen molar-refractivity contribution in [1.29, 1.82) is 0 Å². The first-order valence-electron chi connectivity index (χ1n) is 5.35. The molecule has 0 saturated carbocycles. The van der Waals surface area contributed by atoms with Crippen molar-refractivity contribution in [3.63, 3.8) is 0 Å². The molecule has 2 aromatic rings. The molecule has 17 heavy (non-hydrogen) atoms. The maximum Gasteiger partial charge on any atom is 0.357 e. The zero-order valence-electron chi connectivity index (χ0n) is 10.1. The van der Waals surface area contributed by atoms with Gasteiger partial charge < -0.3 is 4.74 Å². The SMILES string of the molecule is COC(=O)c1c(C)c(C)nn1-c1ccccc1. The van der Waals surface area contributed by atoms with Gasteiger partial charge in [0.2, 0.25) is 0 Å². The fourth-order valence-electron chi connectivity index (χ4n) is 1.70. The Balaban J connectivity index is 2.62. The van der Waals surface area contributed by atoms with Crippen LogP contribution in [0.2, 0.25) is 0 Å². The van der Waals surface area contributed by atoms with E-state index in [1.54, 1.807) is 4.68 Å². The molecule has 0 radical (unpaired) electrons. The summed E-state index contributed by atoms with van der Waals surface area (Å²) in [5.74, 6) is -0.369. The fraction of sp³-hybridized carbons (Fsp3) is 0.231. The molecule has 0 aliphatic heterocycles. The van der Waals surface area contributed by atoms with Gasteiger partial charge >= 0.3 is 5.97 Å². The third kappa shape index (κ3) is 1.93. The maximum absolute atomic E-state index is 11.8. The lowest BCUT2D eigenvalue weighted by atomic mass is 10.2. The van der Waals surface area contributed by atoms with Crippen LogP contribution in [0.3, 0.4) is 0 Å². The second-order valence-electron chi connectivity index (χ2n) is 3.80. The first-order valence-corrected chi connectivity index (χ1v) is 5.35. The highest BCUT2D eigenvalue weighted by Crippen LogP contribution is 2.18. The van der Waals surface area contributed by atoms with E-state index in [4.69, 9.17) is 4.74 Å². The van der Waals surface area contributed by atoms with E-state index < -0.39 is 0 Å². The second kappa shape index (κ2) is 4.41. The van der Waals surface area contributed by atoms with Crippen molar-refractivity contribution < 1.29 is 9.53 Å². The van der Waals surface area contributed by atoms with Crippen LogP contribution in [0.15, 0.2) is 30.3 Å². The Bertz CT molecular complexity index is 544. The summed E-state index contributed by atoms with van der Waals surface area (Å²) in [6.45, 7) is 3.75. The molecule has 88 valence electrons. The minimum absolute atomic E-state index is 0.369. The van der Waals surface area contributed by atoms with Crippen LogP contribution in [0.4, 0.5) is 0 Å². The van der Waals surface area contributed by atoms with Gasteiger partial charge in [0.1, 0.15) is 0 Å². The Kier molecular flexibility index (Phi) is 2.95. The van der Waals surface area contributed by atoms with Crippen molar-refractivity contribution in [3.05, 3.63) is 47.3 Å². The lowest BCUT2D eigenvalue weighted by Crippen LogP contribution is -2.11. The third-order valence-electron chi connectivity index (χ3n) is 2.74. The summed E-state index contributed by atoms with van der Waals surface area (Å²) in [6.07, 6.45) is 0. The van der Waals surface area contributed by atoms with Crippen molar-refractivity contribution in [2.45, 2.75) is 13.8 Å². The van der Waals surface area contributed by atoms with Crippen molar-refractivity contribution >= 4 is 5.97 Å². The van der Waals surface area contributed by atoms with Gasteiger partial charge in [-0.1, -0.05) is 18.2 Å². The fourth-order valence-corrected chi connectivity index (χ4v) is 1.70. The minimum Gasteiger partial charge on any atom is -0.464 e. The lowest BCUT2D eigenvalue weighted by molar-refractivity contribution is 0.0589. The number of nitrogens with zero attached hydrogens (tertiary/aromatic N) is 2. The molecule has 0 unspecified atom stereocenters. The number of carbonyl (C=O) groups excluding carboxylic acids is 1. The van der Waals surface area contributed by atoms with Crippen LogP contribution in [-0.2, 0) is 4.74 Å². The quantitative estimate of drug-likeness (QED) is 0.743. The average Bonchev–Trinajstić information content (AvgIpc) is 2.66. The highest BCUT2D eigenvalue weighted by Gasteiger charge is 2.20. The molecule has 0 aliphatic carbocycles. The summed E-state index contributed by atoms with van der Waals surface area (Å²) in [5.41, 5.74) is 3.01. The number of aryl methyl sites for hydroxylation is 1. The Hall–Kier alpha value is -2.10. The van der Waals surface area contributed by atoms with Crippen LogP contribution < -0.4 is 0 Å². The van der Waals surface area contributed by atoms with E-state index in [2.05, 4.69) is 5.10 Å². The number of carbonyl (C=O) groups is 1. The van der Waals surface area contributed by atoms with Crippen molar-refractivity contribution in [3.8, 4) is 5.69 Å². The largest absolute Gasteiger partial charge is 0.464 e. The molecule has 0 aliphatic rings. The Morgan fingerprint density at radius 2 is 1.88 bits per heavy atom. The molecule has 2 rings (SSSR count). The van der Waals surface area contributed by atoms with Crippen LogP contribution in [-0.4, -0.2) is 22.9 Å². The Labute approximate surface area is 99.8 Å².